The SMILES string of the molecule is C/C(=N\NC(=S)N1CCN(c2ccccc2)CC1)c1ccccn1. The van der Waals surface area contributed by atoms with Crippen molar-refractivity contribution < 1.29 is 0 Å². The molecule has 0 radical (unpaired) electrons. The van der Waals surface area contributed by atoms with E-state index in [0.717, 1.165) is 37.6 Å². The lowest BCUT2D eigenvalue weighted by Crippen LogP contribution is -2.51. The molecule has 0 amide bonds. The molecular weight excluding hydrogens is 318 g/mol. The van der Waals surface area contributed by atoms with E-state index in [1.165, 1.54) is 5.69 Å². The Bertz CT molecular complexity index is 694. The molecule has 0 saturated carbocycles. The topological polar surface area (TPSA) is 43.8 Å². The number of nitrogens with one attached hydrogen (secondary N) is 1. The molecule has 0 unspecified atom stereocenters. The van der Waals surface area contributed by atoms with Gasteiger partial charge in [-0.15, -0.1) is 0 Å². The lowest BCUT2D eigenvalue weighted by molar-refractivity contribution is 0.381. The highest BCUT2D eigenvalue weighted by Crippen LogP contribution is 2.15. The van der Waals surface area contributed by atoms with Crippen LogP contribution in [0.4, 0.5) is 5.69 Å². The highest BCUT2D eigenvalue weighted by atomic mass is 32.1. The van der Waals surface area contributed by atoms with Crippen LogP contribution in [0.3, 0.4) is 0 Å². The summed E-state index contributed by atoms with van der Waals surface area (Å²) in [6.45, 7) is 5.60. The first-order chi connectivity index (χ1) is 11.7. The number of anilines is 1. The first-order valence-electron chi connectivity index (χ1n) is 8.04. The molecule has 1 aromatic heterocycles. The molecule has 6 heteroatoms. The molecule has 124 valence electrons. The highest BCUT2D eigenvalue weighted by molar-refractivity contribution is 7.80. The van der Waals surface area contributed by atoms with E-state index in [0.29, 0.717) is 5.11 Å². The van der Waals surface area contributed by atoms with Gasteiger partial charge in [0.15, 0.2) is 5.11 Å². The fourth-order valence-electron chi connectivity index (χ4n) is 2.64. The van der Waals surface area contributed by atoms with E-state index in [-0.39, 0.29) is 0 Å². The van der Waals surface area contributed by atoms with Crippen molar-refractivity contribution in [2.45, 2.75) is 6.92 Å². The van der Waals surface area contributed by atoms with Crippen LogP contribution in [-0.4, -0.2) is 46.9 Å². The molecule has 0 bridgehead atoms. The zero-order valence-corrected chi connectivity index (χ0v) is 14.5. The number of thiocarbonyl (C=S) groups is 1. The summed E-state index contributed by atoms with van der Waals surface area (Å²) >= 11 is 5.47. The second-order valence-electron chi connectivity index (χ2n) is 5.64. The van der Waals surface area contributed by atoms with E-state index in [4.69, 9.17) is 12.2 Å². The zero-order chi connectivity index (χ0) is 16.8. The van der Waals surface area contributed by atoms with Crippen LogP contribution in [0.15, 0.2) is 59.8 Å². The predicted octanol–water partition coefficient (Wildman–Crippen LogP) is 2.50. The lowest BCUT2D eigenvalue weighted by atomic mass is 10.2. The fourth-order valence-corrected chi connectivity index (χ4v) is 2.87. The number of hydrazone groups is 1. The van der Waals surface area contributed by atoms with Crippen molar-refractivity contribution in [2.24, 2.45) is 5.10 Å². The molecule has 1 N–H and O–H groups in total. The van der Waals surface area contributed by atoms with Crippen LogP contribution in [0, 0.1) is 0 Å². The maximum absolute atomic E-state index is 5.47. The second-order valence-corrected chi connectivity index (χ2v) is 6.03. The zero-order valence-electron chi connectivity index (χ0n) is 13.7. The molecule has 0 atom stereocenters. The standard InChI is InChI=1S/C18H21N5S/c1-15(17-9-5-6-10-19-17)20-21-18(24)23-13-11-22(12-14-23)16-7-3-2-4-8-16/h2-10H,11-14H2,1H3,(H,21,24)/b20-15+. The molecule has 0 aliphatic carbocycles. The number of rotatable bonds is 3. The van der Waals surface area contributed by atoms with Crippen LogP contribution in [0.1, 0.15) is 12.6 Å². The highest BCUT2D eigenvalue weighted by Gasteiger charge is 2.18. The summed E-state index contributed by atoms with van der Waals surface area (Å²) in [4.78, 5) is 8.81. The smallest absolute Gasteiger partial charge is 0.189 e. The van der Waals surface area contributed by atoms with Crippen LogP contribution in [0.2, 0.25) is 0 Å². The summed E-state index contributed by atoms with van der Waals surface area (Å²) in [6.07, 6.45) is 1.76. The minimum Gasteiger partial charge on any atom is -0.368 e. The number of benzene rings is 1. The van der Waals surface area contributed by atoms with Crippen molar-refractivity contribution in [3.05, 3.63) is 60.4 Å². The number of hydrogen-bond donors (Lipinski definition) is 1. The number of aromatic nitrogens is 1. The van der Waals surface area contributed by atoms with E-state index in [2.05, 4.69) is 49.6 Å². The molecule has 1 saturated heterocycles. The van der Waals surface area contributed by atoms with Crippen molar-refractivity contribution in [3.63, 3.8) is 0 Å². The molecule has 0 spiro atoms. The molecule has 2 aromatic rings. The van der Waals surface area contributed by atoms with Crippen LogP contribution in [-0.2, 0) is 0 Å². The molecule has 1 aliphatic heterocycles. The van der Waals surface area contributed by atoms with Crippen LogP contribution in [0.5, 0.6) is 0 Å². The van der Waals surface area contributed by atoms with Gasteiger partial charge in [0.05, 0.1) is 11.4 Å². The van der Waals surface area contributed by atoms with Gasteiger partial charge in [-0.25, -0.2) is 0 Å². The molecule has 1 aromatic carbocycles. The first-order valence-corrected chi connectivity index (χ1v) is 8.45. The van der Waals surface area contributed by atoms with Crippen LogP contribution < -0.4 is 10.3 Å². The van der Waals surface area contributed by atoms with Gasteiger partial charge in [-0.2, -0.15) is 5.10 Å². The van der Waals surface area contributed by atoms with Crippen molar-refractivity contribution in [1.29, 1.82) is 0 Å². The van der Waals surface area contributed by atoms with Crippen molar-refractivity contribution in [3.8, 4) is 0 Å². The predicted molar refractivity (Wildman–Crippen MR) is 102 cm³/mol. The third-order valence-electron chi connectivity index (χ3n) is 4.04. The average molecular weight is 339 g/mol. The molecular formula is C18H21N5S. The van der Waals surface area contributed by atoms with Gasteiger partial charge in [-0.3, -0.25) is 10.4 Å². The third-order valence-corrected chi connectivity index (χ3v) is 4.39. The van der Waals surface area contributed by atoms with Gasteiger partial charge >= 0.3 is 0 Å². The maximum atomic E-state index is 5.47. The summed E-state index contributed by atoms with van der Waals surface area (Å²) in [5.41, 5.74) is 5.93. The number of para-hydroxylation sites is 1. The van der Waals surface area contributed by atoms with E-state index < -0.39 is 0 Å². The minimum absolute atomic E-state index is 0.665. The molecule has 1 aliphatic rings. The number of pyridine rings is 1. The minimum atomic E-state index is 0.665. The molecule has 2 heterocycles. The van der Waals surface area contributed by atoms with Crippen LogP contribution in [0.25, 0.3) is 0 Å². The molecule has 1 fully saturated rings. The Hall–Kier alpha value is -2.47. The summed E-state index contributed by atoms with van der Waals surface area (Å²) in [5.74, 6) is 0. The van der Waals surface area contributed by atoms with E-state index >= 15 is 0 Å². The van der Waals surface area contributed by atoms with E-state index in [9.17, 15) is 0 Å². The monoisotopic (exact) mass is 339 g/mol. The number of nitrogens with zero attached hydrogens (tertiary/aromatic N) is 4. The molecule has 3 rings (SSSR count). The summed E-state index contributed by atoms with van der Waals surface area (Å²) in [5, 5.41) is 5.02. The number of hydrogen-bond acceptors (Lipinski definition) is 4. The van der Waals surface area contributed by atoms with Gasteiger partial charge in [-0.1, -0.05) is 24.3 Å². The summed E-state index contributed by atoms with van der Waals surface area (Å²) in [6, 6.07) is 16.2. The van der Waals surface area contributed by atoms with Gasteiger partial charge in [0.25, 0.3) is 0 Å². The van der Waals surface area contributed by atoms with Crippen LogP contribution >= 0.6 is 12.2 Å². The largest absolute Gasteiger partial charge is 0.368 e. The molecule has 5 nitrogen and oxygen atoms in total. The number of piperazine rings is 1. The first kappa shape index (κ1) is 16.4. The Labute approximate surface area is 148 Å². The Morgan fingerprint density at radius 3 is 2.42 bits per heavy atom. The Morgan fingerprint density at radius 2 is 1.75 bits per heavy atom. The van der Waals surface area contributed by atoms with Crippen molar-refractivity contribution in [2.75, 3.05) is 31.1 Å². The fraction of sp³-hybridized carbons (Fsp3) is 0.278. The second kappa shape index (κ2) is 7.88. The van der Waals surface area contributed by atoms with Crippen molar-refractivity contribution in [1.82, 2.24) is 15.3 Å². The van der Waals surface area contributed by atoms with Crippen molar-refractivity contribution >= 4 is 28.7 Å². The van der Waals surface area contributed by atoms with E-state index in [1.54, 1.807) is 6.20 Å². The quantitative estimate of drug-likeness (QED) is 0.529. The van der Waals surface area contributed by atoms with Gasteiger partial charge < -0.3 is 9.80 Å². The average Bonchev–Trinajstić information content (AvgIpc) is 2.67. The normalized spacial score (nSPS) is 15.3. The maximum Gasteiger partial charge on any atom is 0.189 e. The third kappa shape index (κ3) is 4.08. The van der Waals surface area contributed by atoms with Gasteiger partial charge in [0.2, 0.25) is 0 Å². The lowest BCUT2D eigenvalue weighted by Gasteiger charge is -2.37. The Kier molecular flexibility index (Phi) is 5.38. The summed E-state index contributed by atoms with van der Waals surface area (Å²) in [7, 11) is 0. The Morgan fingerprint density at radius 1 is 1.04 bits per heavy atom. The van der Waals surface area contributed by atoms with Gasteiger partial charge in [-0.05, 0) is 43.4 Å². The summed E-state index contributed by atoms with van der Waals surface area (Å²) < 4.78 is 0. The van der Waals surface area contributed by atoms with Gasteiger partial charge in [0, 0.05) is 38.1 Å². The Balaban J connectivity index is 1.52. The van der Waals surface area contributed by atoms with Gasteiger partial charge in [0.1, 0.15) is 0 Å². The van der Waals surface area contributed by atoms with E-state index in [1.807, 2.05) is 31.2 Å². The molecule has 24 heavy (non-hydrogen) atoms.